The van der Waals surface area contributed by atoms with Crippen molar-refractivity contribution in [3.63, 3.8) is 0 Å². The first-order valence-electron chi connectivity index (χ1n) is 5.92. The standard InChI is InChI=1S/C13H18FNO4.ClH/c1-15-5-6-18-7-8-19-12-4-3-10(14)9-11(12)13(16)17-2;/h3-4,9,15H,5-8H2,1-2H3;1H. The highest BCUT2D eigenvalue weighted by Crippen LogP contribution is 2.20. The van der Waals surface area contributed by atoms with Crippen LogP contribution in [0.5, 0.6) is 5.75 Å². The molecule has 0 aliphatic carbocycles. The molecule has 0 aliphatic rings. The summed E-state index contributed by atoms with van der Waals surface area (Å²) < 4.78 is 28.3. The van der Waals surface area contributed by atoms with Crippen LogP contribution in [0.2, 0.25) is 0 Å². The van der Waals surface area contributed by atoms with Crippen molar-refractivity contribution in [2.45, 2.75) is 0 Å². The molecule has 0 bridgehead atoms. The molecule has 0 heterocycles. The van der Waals surface area contributed by atoms with Crippen molar-refractivity contribution in [2.75, 3.05) is 40.5 Å². The number of methoxy groups -OCH3 is 1. The average molecular weight is 308 g/mol. The zero-order valence-electron chi connectivity index (χ0n) is 11.5. The second kappa shape index (κ2) is 10.4. The fourth-order valence-corrected chi connectivity index (χ4v) is 1.38. The van der Waals surface area contributed by atoms with Crippen LogP contribution in [0.15, 0.2) is 18.2 Å². The van der Waals surface area contributed by atoms with Gasteiger partial charge in [0.15, 0.2) is 0 Å². The van der Waals surface area contributed by atoms with Crippen LogP contribution in [0.3, 0.4) is 0 Å². The molecular weight excluding hydrogens is 289 g/mol. The molecule has 0 saturated heterocycles. The van der Waals surface area contributed by atoms with Crippen LogP contribution in [0.4, 0.5) is 4.39 Å². The SMILES string of the molecule is CNCCOCCOc1ccc(F)cc1C(=O)OC.Cl. The van der Waals surface area contributed by atoms with Crippen LogP contribution in [0, 0.1) is 5.82 Å². The minimum absolute atomic E-state index is 0. The molecule has 0 aliphatic heterocycles. The number of rotatable bonds is 8. The Bertz CT molecular complexity index is 417. The van der Waals surface area contributed by atoms with Crippen molar-refractivity contribution in [2.24, 2.45) is 0 Å². The molecule has 5 nitrogen and oxygen atoms in total. The van der Waals surface area contributed by atoms with Crippen LogP contribution in [-0.2, 0) is 9.47 Å². The van der Waals surface area contributed by atoms with Gasteiger partial charge in [-0.2, -0.15) is 0 Å². The maximum Gasteiger partial charge on any atom is 0.341 e. The number of esters is 1. The monoisotopic (exact) mass is 307 g/mol. The summed E-state index contributed by atoms with van der Waals surface area (Å²) in [5.74, 6) is -0.867. The summed E-state index contributed by atoms with van der Waals surface area (Å²) in [5, 5.41) is 2.95. The lowest BCUT2D eigenvalue weighted by molar-refractivity contribution is 0.0590. The number of ether oxygens (including phenoxy) is 3. The second-order valence-corrected chi connectivity index (χ2v) is 3.70. The van der Waals surface area contributed by atoms with Gasteiger partial charge in [-0.1, -0.05) is 0 Å². The maximum atomic E-state index is 13.1. The minimum Gasteiger partial charge on any atom is -0.490 e. The highest BCUT2D eigenvalue weighted by Gasteiger charge is 2.14. The molecule has 20 heavy (non-hydrogen) atoms. The average Bonchev–Trinajstić information content (AvgIpc) is 2.43. The van der Waals surface area contributed by atoms with Gasteiger partial charge in [-0.3, -0.25) is 0 Å². The van der Waals surface area contributed by atoms with Crippen molar-refractivity contribution in [1.29, 1.82) is 0 Å². The number of likely N-dealkylation sites (N-methyl/N-ethyl adjacent to an activating group) is 1. The molecule has 1 aromatic carbocycles. The van der Waals surface area contributed by atoms with E-state index in [4.69, 9.17) is 9.47 Å². The third kappa shape index (κ3) is 6.18. The Morgan fingerprint density at radius 1 is 1.30 bits per heavy atom. The number of hydrogen-bond acceptors (Lipinski definition) is 5. The summed E-state index contributed by atoms with van der Waals surface area (Å²) in [6.45, 7) is 2.00. The van der Waals surface area contributed by atoms with Gasteiger partial charge in [-0.05, 0) is 25.2 Å². The number of carbonyl (C=O) groups excluding carboxylic acids is 1. The third-order valence-corrected chi connectivity index (χ3v) is 2.33. The quantitative estimate of drug-likeness (QED) is 0.584. The third-order valence-electron chi connectivity index (χ3n) is 2.33. The molecule has 1 N–H and O–H groups in total. The maximum absolute atomic E-state index is 13.1. The Labute approximate surface area is 123 Å². The van der Waals surface area contributed by atoms with E-state index in [1.54, 1.807) is 0 Å². The Morgan fingerprint density at radius 2 is 2.05 bits per heavy atom. The highest BCUT2D eigenvalue weighted by molar-refractivity contribution is 5.92. The molecule has 1 aromatic rings. The van der Waals surface area contributed by atoms with Crippen LogP contribution in [0.1, 0.15) is 10.4 Å². The van der Waals surface area contributed by atoms with Crippen LogP contribution >= 0.6 is 12.4 Å². The predicted octanol–water partition coefficient (Wildman–Crippen LogP) is 1.65. The molecule has 0 fully saturated rings. The molecule has 114 valence electrons. The van der Waals surface area contributed by atoms with Crippen molar-refractivity contribution in [1.82, 2.24) is 5.32 Å². The van der Waals surface area contributed by atoms with Gasteiger partial charge >= 0.3 is 5.97 Å². The van der Waals surface area contributed by atoms with Gasteiger partial charge in [0.1, 0.15) is 23.7 Å². The van der Waals surface area contributed by atoms with E-state index in [9.17, 15) is 9.18 Å². The largest absolute Gasteiger partial charge is 0.490 e. The second-order valence-electron chi connectivity index (χ2n) is 3.70. The number of nitrogens with one attached hydrogen (secondary N) is 1. The normalized spacial score (nSPS) is 9.75. The topological polar surface area (TPSA) is 56.8 Å². The molecule has 0 spiro atoms. The van der Waals surface area contributed by atoms with E-state index in [0.717, 1.165) is 12.6 Å². The zero-order valence-corrected chi connectivity index (χ0v) is 12.3. The lowest BCUT2D eigenvalue weighted by atomic mass is 10.2. The Kier molecular flexibility index (Phi) is 9.71. The molecule has 0 saturated carbocycles. The van der Waals surface area contributed by atoms with Gasteiger partial charge in [0.2, 0.25) is 0 Å². The molecular formula is C13H19ClFNO4. The van der Waals surface area contributed by atoms with Crippen LogP contribution in [-0.4, -0.2) is 46.5 Å². The molecule has 7 heteroatoms. The van der Waals surface area contributed by atoms with Gasteiger partial charge in [0.05, 0.1) is 20.3 Å². The summed E-state index contributed by atoms with van der Waals surface area (Å²) >= 11 is 0. The lowest BCUT2D eigenvalue weighted by Gasteiger charge is -2.10. The summed E-state index contributed by atoms with van der Waals surface area (Å²) in [6.07, 6.45) is 0. The zero-order chi connectivity index (χ0) is 14.1. The van der Waals surface area contributed by atoms with E-state index in [1.807, 2.05) is 7.05 Å². The smallest absolute Gasteiger partial charge is 0.341 e. The van der Waals surface area contributed by atoms with Crippen molar-refractivity contribution in [3.8, 4) is 5.75 Å². The van der Waals surface area contributed by atoms with E-state index in [0.29, 0.717) is 13.2 Å². The number of benzene rings is 1. The number of carbonyl (C=O) groups is 1. The van der Waals surface area contributed by atoms with E-state index in [-0.39, 0.29) is 30.3 Å². The highest BCUT2D eigenvalue weighted by atomic mass is 35.5. The first-order valence-corrected chi connectivity index (χ1v) is 5.92. The Hall–Kier alpha value is -1.37. The first-order chi connectivity index (χ1) is 9.19. The van der Waals surface area contributed by atoms with Gasteiger partial charge in [0.25, 0.3) is 0 Å². The van der Waals surface area contributed by atoms with Crippen molar-refractivity contribution in [3.05, 3.63) is 29.6 Å². The molecule has 0 radical (unpaired) electrons. The van der Waals surface area contributed by atoms with Crippen molar-refractivity contribution < 1.29 is 23.4 Å². The van der Waals surface area contributed by atoms with E-state index >= 15 is 0 Å². The molecule has 0 aromatic heterocycles. The first kappa shape index (κ1) is 18.6. The van der Waals surface area contributed by atoms with Gasteiger partial charge in [0, 0.05) is 6.54 Å². The molecule has 0 unspecified atom stereocenters. The van der Waals surface area contributed by atoms with Crippen LogP contribution in [0.25, 0.3) is 0 Å². The lowest BCUT2D eigenvalue weighted by Crippen LogP contribution is -2.17. The molecule has 1 rings (SSSR count). The predicted molar refractivity (Wildman–Crippen MR) is 75.2 cm³/mol. The van der Waals surface area contributed by atoms with Gasteiger partial charge in [-0.25, -0.2) is 9.18 Å². The fourth-order valence-electron chi connectivity index (χ4n) is 1.38. The van der Waals surface area contributed by atoms with E-state index < -0.39 is 11.8 Å². The minimum atomic E-state index is -0.634. The Morgan fingerprint density at radius 3 is 2.70 bits per heavy atom. The summed E-state index contributed by atoms with van der Waals surface area (Å²) in [6, 6.07) is 3.71. The van der Waals surface area contributed by atoms with Crippen molar-refractivity contribution >= 4 is 18.4 Å². The Balaban J connectivity index is 0.00000361. The van der Waals surface area contributed by atoms with Crippen LogP contribution < -0.4 is 10.1 Å². The summed E-state index contributed by atoms with van der Waals surface area (Å²) in [7, 11) is 3.07. The summed E-state index contributed by atoms with van der Waals surface area (Å²) in [4.78, 5) is 11.5. The number of halogens is 2. The van der Waals surface area contributed by atoms with Gasteiger partial charge in [-0.15, -0.1) is 12.4 Å². The summed E-state index contributed by atoms with van der Waals surface area (Å²) in [5.41, 5.74) is 0.0673. The van der Waals surface area contributed by atoms with E-state index in [1.165, 1.54) is 19.2 Å². The van der Waals surface area contributed by atoms with E-state index in [2.05, 4.69) is 10.1 Å². The molecule has 0 atom stereocenters. The molecule has 0 amide bonds. The fraction of sp³-hybridized carbons (Fsp3) is 0.462. The number of hydrogen-bond donors (Lipinski definition) is 1. The van der Waals surface area contributed by atoms with Gasteiger partial charge < -0.3 is 19.5 Å².